The average molecular weight is 1310 g/mol. The topological polar surface area (TPSA) is 210 Å². The summed E-state index contributed by atoms with van der Waals surface area (Å²) in [4.78, 5) is 96.2. The standard InChI is InChI=1S/C43H26O8.C41H22O8/c1-23-19-25(11-17-37(23)48-27-13-15-31-33(21-27)41(46)50-39(31)44)43(35-9-5-3-7-29(35)30-8-4-6-10-36(30)43)26-12-18-38(24(2)20-26)49-28-14-16-32-34(22-28)42(47)51-40(32)45;42-37-31-19-17-27(21-33(31)39(44)48-37)46-25-13-9-23(10-14-25)41(35-7-3-1-5-29(35)30-6-2-4-8-36(30)41)24-11-15-26(16-12-24)47-28-18-20-32-34(22-28)40(45)49-38(32)43/h3-22H,1-2H3;1-22H. The third-order valence-electron chi connectivity index (χ3n) is 19.1. The van der Waals surface area contributed by atoms with Crippen LogP contribution in [0.25, 0.3) is 22.3 Å². The minimum Gasteiger partial charge on any atom is -0.457 e. The summed E-state index contributed by atoms with van der Waals surface area (Å²) in [6.07, 6.45) is 0. The van der Waals surface area contributed by atoms with Crippen LogP contribution in [0.5, 0.6) is 46.0 Å². The van der Waals surface area contributed by atoms with E-state index in [1.165, 1.54) is 48.5 Å². The smallest absolute Gasteiger partial charge is 0.347 e. The SMILES string of the molecule is Cc1cc(C2(c3ccc(Oc4ccc5c(c4)C(=O)OC5=O)c(C)c3)c3ccccc3-c3ccccc32)ccc1Oc1ccc2c(c1)C(=O)OC2=O.O=C1OC(=O)c2cc(Oc3ccc(C4(c5ccc(Oc6ccc7c(c6)C(=O)OC7=O)cc5)c5ccccc5-c5ccccc54)cc3)ccc21. The number of hydrogen-bond acceptors (Lipinski definition) is 16. The Kier molecular flexibility index (Phi) is 13.9. The van der Waals surface area contributed by atoms with Crippen molar-refractivity contribution in [2.24, 2.45) is 0 Å². The molecule has 0 fully saturated rings. The highest BCUT2D eigenvalue weighted by Crippen LogP contribution is 2.59. The van der Waals surface area contributed by atoms with E-state index in [1.807, 2.05) is 98.8 Å². The van der Waals surface area contributed by atoms with Crippen LogP contribution in [-0.2, 0) is 29.8 Å². The molecule has 6 aliphatic rings. The van der Waals surface area contributed by atoms with Gasteiger partial charge in [0.2, 0.25) is 0 Å². The van der Waals surface area contributed by atoms with Gasteiger partial charge in [0.15, 0.2) is 0 Å². The molecule has 0 bridgehead atoms. The lowest BCUT2D eigenvalue weighted by atomic mass is 9.67. The molecule has 0 saturated carbocycles. The summed E-state index contributed by atoms with van der Waals surface area (Å²) < 4.78 is 43.7. The molecule has 0 amide bonds. The van der Waals surface area contributed by atoms with Gasteiger partial charge in [0, 0.05) is 0 Å². The van der Waals surface area contributed by atoms with Gasteiger partial charge in [0.1, 0.15) is 46.0 Å². The van der Waals surface area contributed by atoms with Crippen molar-refractivity contribution in [1.29, 1.82) is 0 Å². The number of esters is 8. The summed E-state index contributed by atoms with van der Waals surface area (Å²) in [6.45, 7) is 3.96. The van der Waals surface area contributed by atoms with Gasteiger partial charge >= 0.3 is 47.8 Å². The molecule has 0 N–H and O–H groups in total. The summed E-state index contributed by atoms with van der Waals surface area (Å²) in [5, 5.41) is 0. The van der Waals surface area contributed by atoms with E-state index in [-0.39, 0.29) is 44.5 Å². The Labute approximate surface area is 569 Å². The summed E-state index contributed by atoms with van der Waals surface area (Å²) in [5.74, 6) is -1.43. The van der Waals surface area contributed by atoms with Crippen LogP contribution in [-0.4, -0.2) is 47.8 Å². The second-order valence-corrected chi connectivity index (χ2v) is 24.6. The van der Waals surface area contributed by atoms with Gasteiger partial charge in [-0.1, -0.05) is 146 Å². The summed E-state index contributed by atoms with van der Waals surface area (Å²) in [6, 6.07) is 80.3. The number of hydrogen-bond donors (Lipinski definition) is 0. The number of fused-ring (bicyclic) bond motifs is 10. The Morgan fingerprint density at radius 2 is 0.460 bits per heavy atom. The van der Waals surface area contributed by atoms with Gasteiger partial charge < -0.3 is 37.9 Å². The number of carbonyl (C=O) groups is 8. The Morgan fingerprint density at radius 3 is 0.750 bits per heavy atom. The zero-order chi connectivity index (χ0) is 68.3. The molecule has 0 unspecified atom stereocenters. The molecule has 16 heteroatoms. The van der Waals surface area contributed by atoms with Crippen LogP contribution >= 0.6 is 0 Å². The molecule has 0 radical (unpaired) electrons. The van der Waals surface area contributed by atoms with Gasteiger partial charge in [-0.05, 0) is 201 Å². The predicted molar refractivity (Wildman–Crippen MR) is 362 cm³/mol. The molecule has 0 atom stereocenters. The fraction of sp³-hybridized carbons (Fsp3) is 0.0476. The molecule has 0 spiro atoms. The van der Waals surface area contributed by atoms with E-state index in [2.05, 4.69) is 97.1 Å². The van der Waals surface area contributed by atoms with Crippen LogP contribution in [0.1, 0.15) is 138 Å². The minimum absolute atomic E-state index is 0.179. The van der Waals surface area contributed by atoms with Gasteiger partial charge in [-0.25, -0.2) is 38.4 Å². The highest BCUT2D eigenvalue weighted by atomic mass is 16.6. The van der Waals surface area contributed by atoms with Crippen molar-refractivity contribution in [3.8, 4) is 68.2 Å². The highest BCUT2D eigenvalue weighted by Gasteiger charge is 2.48. The van der Waals surface area contributed by atoms with E-state index >= 15 is 0 Å². The molecule has 12 aromatic carbocycles. The first-order valence-corrected chi connectivity index (χ1v) is 31.8. The van der Waals surface area contributed by atoms with Crippen LogP contribution < -0.4 is 18.9 Å². The second-order valence-electron chi connectivity index (χ2n) is 24.6. The van der Waals surface area contributed by atoms with Crippen molar-refractivity contribution in [1.82, 2.24) is 0 Å². The largest absolute Gasteiger partial charge is 0.457 e. The third kappa shape index (κ3) is 9.51. The van der Waals surface area contributed by atoms with Crippen LogP contribution in [0.3, 0.4) is 0 Å². The fourth-order valence-electron chi connectivity index (χ4n) is 14.6. The van der Waals surface area contributed by atoms with Crippen LogP contribution in [0.15, 0.2) is 255 Å². The first-order valence-electron chi connectivity index (χ1n) is 31.8. The van der Waals surface area contributed by atoms with Crippen molar-refractivity contribution >= 4 is 47.8 Å². The number of aryl methyl sites for hydroxylation is 2. The predicted octanol–water partition coefficient (Wildman–Crippen LogP) is 17.1. The molecule has 4 heterocycles. The number of carbonyl (C=O) groups excluding carboxylic acids is 8. The van der Waals surface area contributed by atoms with Crippen molar-refractivity contribution in [3.05, 3.63) is 355 Å². The molecular weight excluding hydrogens is 1260 g/mol. The summed E-state index contributed by atoms with van der Waals surface area (Å²) in [7, 11) is 0. The maximum atomic E-state index is 12.2. The lowest BCUT2D eigenvalue weighted by Gasteiger charge is -2.34. The molecule has 16 nitrogen and oxygen atoms in total. The molecule has 480 valence electrons. The molecule has 2 aliphatic carbocycles. The Morgan fingerprint density at radius 1 is 0.220 bits per heavy atom. The Bertz CT molecular complexity index is 5300. The van der Waals surface area contributed by atoms with Crippen molar-refractivity contribution < 1.29 is 76.3 Å². The Balaban J connectivity index is 0.000000150. The number of cyclic esters (lactones) is 8. The maximum absolute atomic E-state index is 12.2. The lowest BCUT2D eigenvalue weighted by Crippen LogP contribution is -2.28. The van der Waals surface area contributed by atoms with Crippen molar-refractivity contribution in [3.63, 3.8) is 0 Å². The molecule has 0 aromatic heterocycles. The van der Waals surface area contributed by atoms with Crippen molar-refractivity contribution in [2.75, 3.05) is 0 Å². The molecule has 100 heavy (non-hydrogen) atoms. The summed E-state index contributed by atoms with van der Waals surface area (Å²) >= 11 is 0. The van der Waals surface area contributed by atoms with E-state index in [0.29, 0.717) is 46.0 Å². The van der Waals surface area contributed by atoms with E-state index in [1.54, 1.807) is 24.3 Å². The first kappa shape index (κ1) is 60.1. The van der Waals surface area contributed by atoms with Crippen LogP contribution in [0, 0.1) is 13.8 Å². The number of ether oxygens (including phenoxy) is 8. The second kappa shape index (κ2) is 23.1. The number of rotatable bonds is 12. The van der Waals surface area contributed by atoms with Crippen molar-refractivity contribution in [2.45, 2.75) is 24.7 Å². The highest BCUT2D eigenvalue weighted by molar-refractivity contribution is 6.17. The fourth-order valence-corrected chi connectivity index (χ4v) is 14.6. The molecule has 0 saturated heterocycles. The van der Waals surface area contributed by atoms with E-state index in [9.17, 15) is 38.4 Å². The van der Waals surface area contributed by atoms with Gasteiger partial charge in [0.25, 0.3) is 0 Å². The normalized spacial score (nSPS) is 14.7. The molecule has 18 rings (SSSR count). The van der Waals surface area contributed by atoms with Crippen LogP contribution in [0.2, 0.25) is 0 Å². The quantitative estimate of drug-likeness (QED) is 0.0632. The first-order chi connectivity index (χ1) is 48.6. The molecule has 12 aromatic rings. The summed E-state index contributed by atoms with van der Waals surface area (Å²) in [5.41, 5.74) is 15.1. The van der Waals surface area contributed by atoms with E-state index < -0.39 is 58.6 Å². The van der Waals surface area contributed by atoms with Gasteiger partial charge in [-0.15, -0.1) is 0 Å². The zero-order valence-corrected chi connectivity index (χ0v) is 52.8. The average Bonchev–Trinajstić information content (AvgIpc) is 1.59. The molecular formula is C84H48O16. The monoisotopic (exact) mass is 1310 g/mol. The minimum atomic E-state index is -0.699. The maximum Gasteiger partial charge on any atom is 0.347 e. The van der Waals surface area contributed by atoms with Gasteiger partial charge in [-0.3, -0.25) is 0 Å². The Hall–Kier alpha value is -13.6. The zero-order valence-electron chi connectivity index (χ0n) is 52.8. The number of benzene rings is 12. The third-order valence-corrected chi connectivity index (χ3v) is 19.1. The molecule has 4 aliphatic heterocycles. The van der Waals surface area contributed by atoms with E-state index in [0.717, 1.165) is 77.9 Å². The van der Waals surface area contributed by atoms with Gasteiger partial charge in [-0.2, -0.15) is 0 Å². The van der Waals surface area contributed by atoms with E-state index in [4.69, 9.17) is 37.9 Å². The van der Waals surface area contributed by atoms with Gasteiger partial charge in [0.05, 0.1) is 55.3 Å². The van der Waals surface area contributed by atoms with Crippen LogP contribution in [0.4, 0.5) is 0 Å². The lowest BCUT2D eigenvalue weighted by molar-refractivity contribution is 0.0425.